The first-order valence-electron chi connectivity index (χ1n) is 11.0. The standard InChI is InChI=1S/C25H32BrF2NO2S/c1-6-9-11-25(12-10-7-2)16-32-23-15-22(31-5)19(26)14-21(23)29(24(25)30)18(8-3)13-20(28)17(4)27/h8,13-15H,4,6-7,9-12,16H2,1-3,5H3/b18-8+,20-13+. The number of amides is 1. The molecule has 1 aromatic carbocycles. The van der Waals surface area contributed by atoms with Gasteiger partial charge in [0.15, 0.2) is 11.7 Å². The number of methoxy groups -OCH3 is 1. The molecule has 0 aromatic heterocycles. The molecule has 0 aliphatic carbocycles. The average molecular weight is 529 g/mol. The van der Waals surface area contributed by atoms with Crippen LogP contribution in [0.25, 0.3) is 0 Å². The van der Waals surface area contributed by atoms with E-state index in [0.29, 0.717) is 21.7 Å². The summed E-state index contributed by atoms with van der Waals surface area (Å²) in [7, 11) is 1.59. The summed E-state index contributed by atoms with van der Waals surface area (Å²) in [5.74, 6) is -1.06. The number of fused-ring (bicyclic) bond motifs is 1. The quantitative estimate of drug-likeness (QED) is 0.285. The zero-order valence-electron chi connectivity index (χ0n) is 19.3. The Kier molecular flexibility index (Phi) is 10.0. The molecule has 0 fully saturated rings. The molecule has 1 heterocycles. The van der Waals surface area contributed by atoms with Crippen molar-refractivity contribution in [3.05, 3.63) is 52.7 Å². The molecule has 0 unspecified atom stereocenters. The van der Waals surface area contributed by atoms with Crippen LogP contribution in [0, 0.1) is 5.41 Å². The Morgan fingerprint density at radius 1 is 1.28 bits per heavy atom. The molecule has 0 spiro atoms. The molecular formula is C25H32BrF2NO2S. The fourth-order valence-corrected chi connectivity index (χ4v) is 5.68. The van der Waals surface area contributed by atoms with Gasteiger partial charge in [0.05, 0.1) is 22.7 Å². The van der Waals surface area contributed by atoms with Crippen molar-refractivity contribution in [1.82, 2.24) is 0 Å². The number of anilines is 1. The number of unbranched alkanes of at least 4 members (excludes halogenated alkanes) is 2. The van der Waals surface area contributed by atoms with Gasteiger partial charge in [-0.15, -0.1) is 11.8 Å². The Morgan fingerprint density at radius 3 is 2.41 bits per heavy atom. The molecular weight excluding hydrogens is 496 g/mol. The lowest BCUT2D eigenvalue weighted by atomic mass is 9.78. The Morgan fingerprint density at radius 2 is 1.91 bits per heavy atom. The number of rotatable bonds is 10. The Hall–Kier alpha value is -1.60. The zero-order chi connectivity index (χ0) is 23.9. The number of carbonyl (C=O) groups is 1. The second-order valence-corrected chi connectivity index (χ2v) is 9.85. The van der Waals surface area contributed by atoms with Crippen LogP contribution in [0.15, 0.2) is 57.6 Å². The molecule has 2 rings (SSSR count). The number of hydrogen-bond acceptors (Lipinski definition) is 3. The number of benzene rings is 1. The van der Waals surface area contributed by atoms with E-state index in [-0.39, 0.29) is 11.6 Å². The minimum Gasteiger partial charge on any atom is -0.496 e. The highest BCUT2D eigenvalue weighted by Gasteiger charge is 2.44. The third kappa shape index (κ3) is 5.84. The van der Waals surface area contributed by atoms with E-state index in [1.807, 2.05) is 12.1 Å². The van der Waals surface area contributed by atoms with Crippen molar-refractivity contribution in [2.24, 2.45) is 5.41 Å². The number of thioether (sulfide) groups is 1. The molecule has 7 heteroatoms. The van der Waals surface area contributed by atoms with Gasteiger partial charge in [0, 0.05) is 22.4 Å². The predicted molar refractivity (Wildman–Crippen MR) is 134 cm³/mol. The van der Waals surface area contributed by atoms with Gasteiger partial charge < -0.3 is 4.74 Å². The predicted octanol–water partition coefficient (Wildman–Crippen LogP) is 8.50. The van der Waals surface area contributed by atoms with Crippen molar-refractivity contribution < 1.29 is 18.3 Å². The summed E-state index contributed by atoms with van der Waals surface area (Å²) in [5, 5.41) is 0. The first kappa shape index (κ1) is 26.7. The maximum atomic E-state index is 14.3. The largest absolute Gasteiger partial charge is 0.496 e. The van der Waals surface area contributed by atoms with Crippen molar-refractivity contribution in [2.45, 2.75) is 64.2 Å². The van der Waals surface area contributed by atoms with Crippen LogP contribution < -0.4 is 9.64 Å². The molecule has 32 heavy (non-hydrogen) atoms. The normalized spacial score (nSPS) is 16.6. The van der Waals surface area contributed by atoms with Crippen molar-refractivity contribution in [3.8, 4) is 5.75 Å². The molecule has 1 aliphatic heterocycles. The summed E-state index contributed by atoms with van der Waals surface area (Å²) >= 11 is 5.13. The van der Waals surface area contributed by atoms with Crippen LogP contribution in [0.3, 0.4) is 0 Å². The van der Waals surface area contributed by atoms with Crippen LogP contribution in [0.4, 0.5) is 14.5 Å². The van der Waals surface area contributed by atoms with Gasteiger partial charge in [0.1, 0.15) is 5.75 Å². The van der Waals surface area contributed by atoms with Gasteiger partial charge in [0.2, 0.25) is 5.91 Å². The molecule has 0 saturated carbocycles. The molecule has 1 aliphatic rings. The molecule has 0 saturated heterocycles. The summed E-state index contributed by atoms with van der Waals surface area (Å²) < 4.78 is 33.9. The first-order chi connectivity index (χ1) is 15.2. The number of hydrogen-bond donors (Lipinski definition) is 0. The Bertz CT molecular complexity index is 905. The van der Waals surface area contributed by atoms with Crippen LogP contribution in [0.2, 0.25) is 0 Å². The Balaban J connectivity index is 2.75. The second kappa shape index (κ2) is 12.0. The summed E-state index contributed by atoms with van der Waals surface area (Å²) in [6, 6.07) is 3.70. The number of ether oxygens (including phenoxy) is 1. The number of allylic oxidation sites excluding steroid dienone is 4. The van der Waals surface area contributed by atoms with Gasteiger partial charge in [-0.2, -0.15) is 0 Å². The van der Waals surface area contributed by atoms with Crippen molar-refractivity contribution >= 4 is 39.3 Å². The van der Waals surface area contributed by atoms with E-state index in [9.17, 15) is 13.6 Å². The molecule has 3 nitrogen and oxygen atoms in total. The maximum Gasteiger partial charge on any atom is 0.238 e. The van der Waals surface area contributed by atoms with Gasteiger partial charge in [-0.1, -0.05) is 52.2 Å². The number of carbonyl (C=O) groups excluding carboxylic acids is 1. The van der Waals surface area contributed by atoms with Gasteiger partial charge in [-0.25, -0.2) is 8.78 Å². The van der Waals surface area contributed by atoms with E-state index >= 15 is 0 Å². The first-order valence-corrected chi connectivity index (χ1v) is 12.8. The highest BCUT2D eigenvalue weighted by Crippen LogP contribution is 2.49. The van der Waals surface area contributed by atoms with Gasteiger partial charge >= 0.3 is 0 Å². The summed E-state index contributed by atoms with van der Waals surface area (Å²) in [6.45, 7) is 8.98. The van der Waals surface area contributed by atoms with E-state index in [1.165, 1.54) is 0 Å². The molecule has 0 N–H and O–H groups in total. The van der Waals surface area contributed by atoms with E-state index < -0.39 is 17.1 Å². The summed E-state index contributed by atoms with van der Waals surface area (Å²) in [6.07, 6.45) is 7.96. The van der Waals surface area contributed by atoms with E-state index in [4.69, 9.17) is 4.74 Å². The fraction of sp³-hybridized carbons (Fsp3) is 0.480. The summed E-state index contributed by atoms with van der Waals surface area (Å²) in [5.41, 5.74) is 0.314. The lowest BCUT2D eigenvalue weighted by molar-refractivity contribution is -0.127. The number of nitrogens with zero attached hydrogens (tertiary/aromatic N) is 1. The summed E-state index contributed by atoms with van der Waals surface area (Å²) in [4.78, 5) is 16.6. The van der Waals surface area contributed by atoms with Gasteiger partial charge in [0.25, 0.3) is 0 Å². The van der Waals surface area contributed by atoms with Crippen LogP contribution in [-0.4, -0.2) is 18.8 Å². The molecule has 0 bridgehead atoms. The SMILES string of the molecule is C=C(F)/C(F)=C\C(=C/C)N1C(=O)C(CCCC)(CCCC)CSc2cc(OC)c(Br)cc21. The van der Waals surface area contributed by atoms with Crippen molar-refractivity contribution in [2.75, 3.05) is 17.8 Å². The van der Waals surface area contributed by atoms with Crippen LogP contribution in [0.5, 0.6) is 5.75 Å². The van der Waals surface area contributed by atoms with Crippen LogP contribution in [-0.2, 0) is 4.79 Å². The van der Waals surface area contributed by atoms with Crippen LogP contribution >= 0.6 is 27.7 Å². The van der Waals surface area contributed by atoms with Crippen LogP contribution in [0.1, 0.15) is 59.3 Å². The maximum absolute atomic E-state index is 14.3. The Labute approximate surface area is 203 Å². The van der Waals surface area contributed by atoms with Gasteiger partial charge in [-0.05, 0) is 47.8 Å². The van der Waals surface area contributed by atoms with Crippen molar-refractivity contribution in [3.63, 3.8) is 0 Å². The monoisotopic (exact) mass is 527 g/mol. The molecule has 0 radical (unpaired) electrons. The lowest BCUT2D eigenvalue weighted by Gasteiger charge is -2.36. The third-order valence-corrected chi connectivity index (χ3v) is 7.70. The van der Waals surface area contributed by atoms with E-state index in [1.54, 1.807) is 36.8 Å². The molecule has 1 aromatic rings. The third-order valence-electron chi connectivity index (χ3n) is 5.74. The van der Waals surface area contributed by atoms with Gasteiger partial charge in [-0.3, -0.25) is 9.69 Å². The minimum atomic E-state index is -1.17. The van der Waals surface area contributed by atoms with E-state index in [0.717, 1.165) is 49.5 Å². The average Bonchev–Trinajstić information content (AvgIpc) is 2.88. The second-order valence-electron chi connectivity index (χ2n) is 7.98. The smallest absolute Gasteiger partial charge is 0.238 e. The fourth-order valence-electron chi connectivity index (χ4n) is 3.85. The topological polar surface area (TPSA) is 29.5 Å². The zero-order valence-corrected chi connectivity index (χ0v) is 21.7. The minimum absolute atomic E-state index is 0.0793. The molecule has 1 amide bonds. The molecule has 176 valence electrons. The highest BCUT2D eigenvalue weighted by molar-refractivity contribution is 9.10. The molecule has 0 atom stereocenters. The van der Waals surface area contributed by atoms with Crippen molar-refractivity contribution in [1.29, 1.82) is 0 Å². The van der Waals surface area contributed by atoms with E-state index in [2.05, 4.69) is 36.4 Å². The lowest BCUT2D eigenvalue weighted by Crippen LogP contribution is -2.44. The number of halogens is 3. The highest BCUT2D eigenvalue weighted by atomic mass is 79.9.